The Morgan fingerprint density at radius 2 is 2.21 bits per heavy atom. The van der Waals surface area contributed by atoms with Crippen LogP contribution in [-0.4, -0.2) is 4.37 Å². The molecule has 0 aliphatic carbocycles. The summed E-state index contributed by atoms with van der Waals surface area (Å²) in [5.41, 5.74) is 7.59. The van der Waals surface area contributed by atoms with Gasteiger partial charge in [0.25, 0.3) is 0 Å². The Morgan fingerprint density at radius 3 is 2.86 bits per heavy atom. The first-order chi connectivity index (χ1) is 6.83. The molecule has 2 nitrogen and oxygen atoms in total. The summed E-state index contributed by atoms with van der Waals surface area (Å²) < 4.78 is 17.5. The van der Waals surface area contributed by atoms with Gasteiger partial charge < -0.3 is 5.73 Å². The van der Waals surface area contributed by atoms with Gasteiger partial charge in [-0.2, -0.15) is 4.37 Å². The average molecular weight is 208 g/mol. The van der Waals surface area contributed by atoms with Crippen molar-refractivity contribution in [3.8, 4) is 11.3 Å². The van der Waals surface area contributed by atoms with E-state index in [-0.39, 0.29) is 12.4 Å². The fourth-order valence-corrected chi connectivity index (χ4v) is 1.88. The first kappa shape index (κ1) is 9.30. The highest BCUT2D eigenvalue weighted by Gasteiger charge is 2.09. The molecule has 0 saturated carbocycles. The molecule has 0 aliphatic heterocycles. The van der Waals surface area contributed by atoms with E-state index in [4.69, 9.17) is 5.73 Å². The Balaban J connectivity index is 2.58. The van der Waals surface area contributed by atoms with Crippen molar-refractivity contribution in [3.05, 3.63) is 41.0 Å². The van der Waals surface area contributed by atoms with Crippen LogP contribution < -0.4 is 5.73 Å². The molecule has 1 aromatic heterocycles. The van der Waals surface area contributed by atoms with Crippen molar-refractivity contribution in [3.63, 3.8) is 0 Å². The predicted octanol–water partition coefficient (Wildman–Crippen LogP) is 2.41. The predicted molar refractivity (Wildman–Crippen MR) is 55.4 cm³/mol. The molecule has 4 heteroatoms. The highest BCUT2D eigenvalue weighted by Crippen LogP contribution is 2.24. The summed E-state index contributed by atoms with van der Waals surface area (Å²) in [5, 5.41) is 1.86. The molecule has 0 spiro atoms. The van der Waals surface area contributed by atoms with Gasteiger partial charge in [-0.25, -0.2) is 4.39 Å². The molecule has 1 aromatic carbocycles. The van der Waals surface area contributed by atoms with E-state index in [1.54, 1.807) is 6.07 Å². The van der Waals surface area contributed by atoms with Crippen LogP contribution in [0, 0.1) is 5.82 Å². The standard InChI is InChI=1S/C10H9FN2S/c11-9-3-1-2-7(8(9)6-12)10-4-5-14-13-10/h1-5H,6,12H2. The fraction of sp³-hybridized carbons (Fsp3) is 0.100. The van der Waals surface area contributed by atoms with Crippen LogP contribution in [-0.2, 0) is 6.54 Å². The molecule has 0 bridgehead atoms. The zero-order chi connectivity index (χ0) is 9.97. The number of hydrogen-bond donors (Lipinski definition) is 1. The third-order valence-electron chi connectivity index (χ3n) is 2.04. The number of halogens is 1. The van der Waals surface area contributed by atoms with E-state index in [1.165, 1.54) is 17.6 Å². The molecule has 0 aliphatic rings. The number of hydrogen-bond acceptors (Lipinski definition) is 3. The molecule has 0 radical (unpaired) electrons. The minimum Gasteiger partial charge on any atom is -0.326 e. The van der Waals surface area contributed by atoms with E-state index in [0.29, 0.717) is 5.56 Å². The lowest BCUT2D eigenvalue weighted by Gasteiger charge is -2.05. The normalized spacial score (nSPS) is 10.4. The summed E-state index contributed by atoms with van der Waals surface area (Å²) in [5.74, 6) is -0.266. The molecular weight excluding hydrogens is 199 g/mol. The maximum atomic E-state index is 13.3. The lowest BCUT2D eigenvalue weighted by atomic mass is 10.0. The molecule has 2 N–H and O–H groups in total. The van der Waals surface area contributed by atoms with E-state index >= 15 is 0 Å². The number of nitrogens with two attached hydrogens (primary N) is 1. The molecule has 2 aromatic rings. The van der Waals surface area contributed by atoms with Crippen molar-refractivity contribution < 1.29 is 4.39 Å². The van der Waals surface area contributed by atoms with Crippen LogP contribution in [0.3, 0.4) is 0 Å². The second kappa shape index (κ2) is 3.86. The highest BCUT2D eigenvalue weighted by molar-refractivity contribution is 7.03. The van der Waals surface area contributed by atoms with Crippen molar-refractivity contribution in [1.29, 1.82) is 0 Å². The number of aromatic nitrogens is 1. The first-order valence-electron chi connectivity index (χ1n) is 4.21. The molecular formula is C10H9FN2S. The van der Waals surface area contributed by atoms with E-state index in [0.717, 1.165) is 11.3 Å². The van der Waals surface area contributed by atoms with E-state index in [1.807, 2.05) is 17.5 Å². The molecule has 0 unspecified atom stereocenters. The topological polar surface area (TPSA) is 38.9 Å². The second-order valence-electron chi connectivity index (χ2n) is 2.85. The summed E-state index contributed by atoms with van der Waals surface area (Å²) in [6.45, 7) is 0.194. The van der Waals surface area contributed by atoms with Gasteiger partial charge in [-0.05, 0) is 23.7 Å². The van der Waals surface area contributed by atoms with Crippen LogP contribution in [0.15, 0.2) is 29.6 Å². The average Bonchev–Trinajstić information content (AvgIpc) is 2.70. The molecule has 0 saturated heterocycles. The molecule has 1 heterocycles. The third kappa shape index (κ3) is 1.54. The van der Waals surface area contributed by atoms with Crippen molar-refractivity contribution in [1.82, 2.24) is 4.37 Å². The van der Waals surface area contributed by atoms with E-state index in [9.17, 15) is 4.39 Å². The van der Waals surface area contributed by atoms with Crippen LogP contribution in [0.5, 0.6) is 0 Å². The Bertz CT molecular complexity index is 426. The lowest BCUT2D eigenvalue weighted by molar-refractivity contribution is 0.611. The van der Waals surface area contributed by atoms with Crippen molar-refractivity contribution in [2.45, 2.75) is 6.54 Å². The molecule has 2 rings (SSSR count). The summed E-state index contributed by atoms with van der Waals surface area (Å²) in [4.78, 5) is 0. The summed E-state index contributed by atoms with van der Waals surface area (Å²) in [7, 11) is 0. The highest BCUT2D eigenvalue weighted by atomic mass is 32.1. The smallest absolute Gasteiger partial charge is 0.128 e. The van der Waals surface area contributed by atoms with Gasteiger partial charge in [-0.1, -0.05) is 12.1 Å². The van der Waals surface area contributed by atoms with Gasteiger partial charge in [0.2, 0.25) is 0 Å². The van der Waals surface area contributed by atoms with Gasteiger partial charge in [0, 0.05) is 23.1 Å². The number of rotatable bonds is 2. The van der Waals surface area contributed by atoms with E-state index < -0.39 is 0 Å². The maximum Gasteiger partial charge on any atom is 0.128 e. The van der Waals surface area contributed by atoms with Crippen LogP contribution in [0.2, 0.25) is 0 Å². The zero-order valence-electron chi connectivity index (χ0n) is 7.40. The Morgan fingerprint density at radius 1 is 1.36 bits per heavy atom. The van der Waals surface area contributed by atoms with Gasteiger partial charge >= 0.3 is 0 Å². The van der Waals surface area contributed by atoms with Crippen LogP contribution in [0.25, 0.3) is 11.3 Å². The third-order valence-corrected chi connectivity index (χ3v) is 2.60. The Labute approximate surface area is 85.4 Å². The minimum atomic E-state index is -0.266. The van der Waals surface area contributed by atoms with Gasteiger partial charge in [0.1, 0.15) is 5.82 Å². The first-order valence-corrected chi connectivity index (χ1v) is 5.05. The van der Waals surface area contributed by atoms with Crippen molar-refractivity contribution >= 4 is 11.5 Å². The minimum absolute atomic E-state index is 0.194. The molecule has 14 heavy (non-hydrogen) atoms. The zero-order valence-corrected chi connectivity index (χ0v) is 8.22. The van der Waals surface area contributed by atoms with Gasteiger partial charge in [-0.3, -0.25) is 0 Å². The summed E-state index contributed by atoms with van der Waals surface area (Å²) in [6, 6.07) is 6.78. The van der Waals surface area contributed by atoms with E-state index in [2.05, 4.69) is 4.37 Å². The van der Waals surface area contributed by atoms with Gasteiger partial charge in [0.15, 0.2) is 0 Å². The summed E-state index contributed by atoms with van der Waals surface area (Å²) >= 11 is 1.35. The second-order valence-corrected chi connectivity index (χ2v) is 3.52. The van der Waals surface area contributed by atoms with Crippen LogP contribution in [0.4, 0.5) is 4.39 Å². The molecule has 0 amide bonds. The monoisotopic (exact) mass is 208 g/mol. The number of benzene rings is 1. The van der Waals surface area contributed by atoms with Crippen molar-refractivity contribution in [2.24, 2.45) is 5.73 Å². The fourth-order valence-electron chi connectivity index (χ4n) is 1.36. The molecule has 72 valence electrons. The maximum absolute atomic E-state index is 13.3. The summed E-state index contributed by atoms with van der Waals surface area (Å²) in [6.07, 6.45) is 0. The Kier molecular flexibility index (Phi) is 2.56. The van der Waals surface area contributed by atoms with Crippen molar-refractivity contribution in [2.75, 3.05) is 0 Å². The largest absolute Gasteiger partial charge is 0.326 e. The number of nitrogens with zero attached hydrogens (tertiary/aromatic N) is 1. The quantitative estimate of drug-likeness (QED) is 0.823. The molecule has 0 fully saturated rings. The molecule has 0 atom stereocenters. The Hall–Kier alpha value is -1.26. The SMILES string of the molecule is NCc1c(F)cccc1-c1ccsn1. The van der Waals surface area contributed by atoms with Crippen LogP contribution >= 0.6 is 11.5 Å². The van der Waals surface area contributed by atoms with Crippen LogP contribution in [0.1, 0.15) is 5.56 Å². The lowest BCUT2D eigenvalue weighted by Crippen LogP contribution is -2.02. The van der Waals surface area contributed by atoms with Gasteiger partial charge in [-0.15, -0.1) is 0 Å². The van der Waals surface area contributed by atoms with Gasteiger partial charge in [0.05, 0.1) is 5.69 Å².